The van der Waals surface area contributed by atoms with E-state index in [1.165, 1.54) is 20.3 Å². The molecule has 0 N–H and O–H groups in total. The summed E-state index contributed by atoms with van der Waals surface area (Å²) >= 11 is 6.66. The molecule has 0 aromatic heterocycles. The van der Waals surface area contributed by atoms with E-state index < -0.39 is 0 Å². The number of hydrogen-bond donors (Lipinski definition) is 1. The van der Waals surface area contributed by atoms with Crippen molar-refractivity contribution in [3.8, 4) is 11.1 Å². The Labute approximate surface area is 109 Å². The molecule has 0 aliphatic carbocycles. The van der Waals surface area contributed by atoms with E-state index >= 15 is 0 Å². The fourth-order valence-electron chi connectivity index (χ4n) is 1.49. The van der Waals surface area contributed by atoms with Gasteiger partial charge in [0.25, 0.3) is 0 Å². The highest BCUT2D eigenvalue weighted by atomic mass is 127. The molecule has 2 heteroatoms. The highest BCUT2D eigenvalue weighted by Gasteiger charge is 2.01. The van der Waals surface area contributed by atoms with Crippen molar-refractivity contribution in [1.82, 2.24) is 0 Å². The van der Waals surface area contributed by atoms with Gasteiger partial charge in [-0.05, 0) is 45.3 Å². The zero-order chi connectivity index (χ0) is 10.7. The third-order valence-electron chi connectivity index (χ3n) is 2.33. The van der Waals surface area contributed by atoms with Gasteiger partial charge in [-0.15, -0.1) is 0 Å². The van der Waals surface area contributed by atoms with Gasteiger partial charge in [0.05, 0.1) is 0 Å². The SMILES string of the molecule is SCc1ccc(-c2ccccc2)cc1I. The van der Waals surface area contributed by atoms with E-state index in [-0.39, 0.29) is 0 Å². The maximum atomic E-state index is 4.30. The standard InChI is InChI=1S/C13H11IS/c14-13-8-11(6-7-12(13)9-15)10-4-2-1-3-5-10/h1-8,15H,9H2. The summed E-state index contributed by atoms with van der Waals surface area (Å²) in [4.78, 5) is 0. The maximum Gasteiger partial charge on any atom is 0.0176 e. The lowest BCUT2D eigenvalue weighted by molar-refractivity contribution is 1.39. The summed E-state index contributed by atoms with van der Waals surface area (Å²) in [5.41, 5.74) is 3.82. The Kier molecular flexibility index (Phi) is 3.70. The molecule has 0 radical (unpaired) electrons. The van der Waals surface area contributed by atoms with E-state index in [9.17, 15) is 0 Å². The van der Waals surface area contributed by atoms with Crippen LogP contribution in [-0.2, 0) is 5.75 Å². The summed E-state index contributed by atoms with van der Waals surface area (Å²) in [6.45, 7) is 0. The maximum absolute atomic E-state index is 4.30. The molecular weight excluding hydrogens is 315 g/mol. The molecule has 0 amide bonds. The second-order valence-corrected chi connectivity index (χ2v) is 4.81. The average molecular weight is 326 g/mol. The Hall–Kier alpha value is -0.480. The van der Waals surface area contributed by atoms with E-state index in [1.807, 2.05) is 6.07 Å². The Morgan fingerprint density at radius 2 is 1.67 bits per heavy atom. The lowest BCUT2D eigenvalue weighted by atomic mass is 10.0. The summed E-state index contributed by atoms with van der Waals surface area (Å²) in [6.07, 6.45) is 0. The summed E-state index contributed by atoms with van der Waals surface area (Å²) < 4.78 is 1.28. The van der Waals surface area contributed by atoms with Crippen LogP contribution < -0.4 is 0 Å². The van der Waals surface area contributed by atoms with Crippen LogP contribution in [0.5, 0.6) is 0 Å². The van der Waals surface area contributed by atoms with Crippen LogP contribution in [0.3, 0.4) is 0 Å². The van der Waals surface area contributed by atoms with Gasteiger partial charge in [-0.1, -0.05) is 42.5 Å². The van der Waals surface area contributed by atoms with Crippen molar-refractivity contribution in [2.24, 2.45) is 0 Å². The van der Waals surface area contributed by atoms with Crippen molar-refractivity contribution >= 4 is 35.2 Å². The molecule has 0 bridgehead atoms. The molecule has 2 aromatic rings. The van der Waals surface area contributed by atoms with Crippen LogP contribution in [0.25, 0.3) is 11.1 Å². The zero-order valence-corrected chi connectivity index (χ0v) is 11.2. The topological polar surface area (TPSA) is 0 Å². The summed E-state index contributed by atoms with van der Waals surface area (Å²) in [5, 5.41) is 0. The minimum atomic E-state index is 0.799. The van der Waals surface area contributed by atoms with Gasteiger partial charge in [0.1, 0.15) is 0 Å². The number of thiol groups is 1. The number of rotatable bonds is 2. The molecule has 2 aromatic carbocycles. The molecule has 0 spiro atoms. The first-order chi connectivity index (χ1) is 7.31. The van der Waals surface area contributed by atoms with Crippen molar-refractivity contribution in [2.75, 3.05) is 0 Å². The van der Waals surface area contributed by atoms with E-state index in [1.54, 1.807) is 0 Å². The van der Waals surface area contributed by atoms with Gasteiger partial charge in [-0.25, -0.2) is 0 Å². The first-order valence-electron chi connectivity index (χ1n) is 4.76. The highest BCUT2D eigenvalue weighted by Crippen LogP contribution is 2.24. The van der Waals surface area contributed by atoms with Crippen LogP contribution >= 0.6 is 35.2 Å². The van der Waals surface area contributed by atoms with Gasteiger partial charge in [-0.2, -0.15) is 12.6 Å². The molecule has 0 heterocycles. The lowest BCUT2D eigenvalue weighted by Gasteiger charge is -2.05. The molecule has 0 unspecified atom stereocenters. The van der Waals surface area contributed by atoms with E-state index in [2.05, 4.69) is 77.7 Å². The molecule has 2 rings (SSSR count). The van der Waals surface area contributed by atoms with Crippen molar-refractivity contribution in [2.45, 2.75) is 5.75 Å². The summed E-state index contributed by atoms with van der Waals surface area (Å²) in [7, 11) is 0. The Morgan fingerprint density at radius 1 is 0.933 bits per heavy atom. The quantitative estimate of drug-likeness (QED) is 0.614. The number of benzene rings is 2. The predicted molar refractivity (Wildman–Crippen MR) is 77.3 cm³/mol. The monoisotopic (exact) mass is 326 g/mol. The van der Waals surface area contributed by atoms with Crippen LogP contribution in [0.15, 0.2) is 48.5 Å². The fourth-order valence-corrected chi connectivity index (χ4v) is 2.77. The molecule has 0 saturated carbocycles. The third-order valence-corrected chi connectivity index (χ3v) is 3.68. The van der Waals surface area contributed by atoms with Crippen LogP contribution in [0.4, 0.5) is 0 Å². The molecule has 0 aliphatic rings. The van der Waals surface area contributed by atoms with Gasteiger partial charge in [-0.3, -0.25) is 0 Å². The summed E-state index contributed by atoms with van der Waals surface area (Å²) in [5.74, 6) is 0.799. The van der Waals surface area contributed by atoms with Crippen LogP contribution in [0.2, 0.25) is 0 Å². The second-order valence-electron chi connectivity index (χ2n) is 3.33. The normalized spacial score (nSPS) is 10.3. The third kappa shape index (κ3) is 2.55. The van der Waals surface area contributed by atoms with Gasteiger partial charge in [0.2, 0.25) is 0 Å². The largest absolute Gasteiger partial charge is 0.175 e. The molecule has 15 heavy (non-hydrogen) atoms. The van der Waals surface area contributed by atoms with Crippen LogP contribution in [-0.4, -0.2) is 0 Å². The van der Waals surface area contributed by atoms with Crippen molar-refractivity contribution in [1.29, 1.82) is 0 Å². The van der Waals surface area contributed by atoms with Crippen molar-refractivity contribution in [3.63, 3.8) is 0 Å². The molecule has 0 aliphatic heterocycles. The minimum Gasteiger partial charge on any atom is -0.175 e. The highest BCUT2D eigenvalue weighted by molar-refractivity contribution is 14.1. The second kappa shape index (κ2) is 5.03. The molecular formula is C13H11IS. The van der Waals surface area contributed by atoms with E-state index in [4.69, 9.17) is 0 Å². The molecule has 0 nitrogen and oxygen atoms in total. The smallest absolute Gasteiger partial charge is 0.0176 e. The first-order valence-corrected chi connectivity index (χ1v) is 6.47. The fraction of sp³-hybridized carbons (Fsp3) is 0.0769. The number of halogens is 1. The predicted octanol–water partition coefficient (Wildman–Crippen LogP) is 4.39. The van der Waals surface area contributed by atoms with Crippen molar-refractivity contribution in [3.05, 3.63) is 57.7 Å². The van der Waals surface area contributed by atoms with Crippen LogP contribution in [0.1, 0.15) is 5.56 Å². The Bertz CT molecular complexity index is 451. The average Bonchev–Trinajstić information content (AvgIpc) is 2.30. The van der Waals surface area contributed by atoms with Gasteiger partial charge < -0.3 is 0 Å². The molecule has 0 atom stereocenters. The van der Waals surface area contributed by atoms with Gasteiger partial charge >= 0.3 is 0 Å². The molecule has 0 fully saturated rings. The van der Waals surface area contributed by atoms with Crippen LogP contribution in [0, 0.1) is 3.57 Å². The summed E-state index contributed by atoms with van der Waals surface area (Å²) in [6, 6.07) is 16.9. The molecule has 0 saturated heterocycles. The Morgan fingerprint density at radius 3 is 2.27 bits per heavy atom. The number of hydrogen-bond acceptors (Lipinski definition) is 1. The van der Waals surface area contributed by atoms with Crippen molar-refractivity contribution < 1.29 is 0 Å². The zero-order valence-electron chi connectivity index (χ0n) is 8.15. The van der Waals surface area contributed by atoms with E-state index in [0.29, 0.717) is 0 Å². The van der Waals surface area contributed by atoms with Gasteiger partial charge in [0, 0.05) is 9.32 Å². The van der Waals surface area contributed by atoms with Gasteiger partial charge in [0.15, 0.2) is 0 Å². The first kappa shape index (κ1) is 11.0. The van der Waals surface area contributed by atoms with E-state index in [0.717, 1.165) is 5.75 Å². The Balaban J connectivity index is 2.43. The molecule has 76 valence electrons. The minimum absolute atomic E-state index is 0.799. The lowest BCUT2D eigenvalue weighted by Crippen LogP contribution is -1.85.